The summed E-state index contributed by atoms with van der Waals surface area (Å²) in [5, 5.41) is 0. The number of hydrogen-bond donors (Lipinski definition) is 1. The second-order valence-electron chi connectivity index (χ2n) is 5.81. The van der Waals surface area contributed by atoms with Crippen molar-refractivity contribution in [3.63, 3.8) is 0 Å². The Kier molecular flexibility index (Phi) is 4.83. The summed E-state index contributed by atoms with van der Waals surface area (Å²) in [7, 11) is 1.64. The molecule has 2 heterocycles. The van der Waals surface area contributed by atoms with Crippen molar-refractivity contribution in [1.82, 2.24) is 9.97 Å². The van der Waals surface area contributed by atoms with E-state index in [0.717, 1.165) is 43.0 Å². The zero-order valence-corrected chi connectivity index (χ0v) is 13.2. The third-order valence-corrected chi connectivity index (χ3v) is 4.02. The van der Waals surface area contributed by atoms with Crippen molar-refractivity contribution in [2.24, 2.45) is 5.73 Å². The average molecular weight is 316 g/mol. The van der Waals surface area contributed by atoms with Gasteiger partial charge in [-0.25, -0.2) is 14.4 Å². The Morgan fingerprint density at radius 2 is 1.91 bits per heavy atom. The lowest BCUT2D eigenvalue weighted by atomic mass is 10.1. The lowest BCUT2D eigenvalue weighted by molar-refractivity contribution is 0.181. The highest BCUT2D eigenvalue weighted by Crippen LogP contribution is 2.23. The first kappa shape index (κ1) is 15.8. The minimum absolute atomic E-state index is 0.267. The van der Waals surface area contributed by atoms with Gasteiger partial charge in [0, 0.05) is 37.9 Å². The molecule has 1 aromatic carbocycles. The molecular formula is C17H21FN4O. The van der Waals surface area contributed by atoms with Gasteiger partial charge in [0.25, 0.3) is 0 Å². The Labute approximate surface area is 135 Å². The molecule has 0 radical (unpaired) electrons. The molecule has 6 heteroatoms. The molecule has 0 saturated carbocycles. The zero-order chi connectivity index (χ0) is 16.2. The Bertz CT molecular complexity index is 654. The van der Waals surface area contributed by atoms with E-state index in [1.54, 1.807) is 19.2 Å². The van der Waals surface area contributed by atoms with Crippen LogP contribution in [0.1, 0.15) is 18.5 Å². The number of piperidine rings is 1. The molecule has 3 rings (SSSR count). The summed E-state index contributed by atoms with van der Waals surface area (Å²) < 4.78 is 18.3. The second kappa shape index (κ2) is 7.02. The van der Waals surface area contributed by atoms with Crippen molar-refractivity contribution >= 4 is 5.82 Å². The van der Waals surface area contributed by atoms with Crippen LogP contribution in [0.15, 0.2) is 30.3 Å². The molecule has 2 N–H and O–H groups in total. The number of anilines is 1. The highest BCUT2D eigenvalue weighted by atomic mass is 19.1. The summed E-state index contributed by atoms with van der Waals surface area (Å²) in [6, 6.07) is 8.44. The Balaban J connectivity index is 1.94. The smallest absolute Gasteiger partial charge is 0.161 e. The number of halogens is 1. The van der Waals surface area contributed by atoms with E-state index in [9.17, 15) is 4.39 Å². The van der Waals surface area contributed by atoms with E-state index in [2.05, 4.69) is 14.9 Å². The van der Waals surface area contributed by atoms with Crippen molar-refractivity contribution in [2.75, 3.05) is 25.1 Å². The maximum atomic E-state index is 13.1. The van der Waals surface area contributed by atoms with Crippen molar-refractivity contribution in [1.29, 1.82) is 0 Å². The van der Waals surface area contributed by atoms with Crippen LogP contribution in [0.5, 0.6) is 0 Å². The van der Waals surface area contributed by atoms with Gasteiger partial charge in [0.2, 0.25) is 0 Å². The molecule has 122 valence electrons. The van der Waals surface area contributed by atoms with Crippen LogP contribution in [0.25, 0.3) is 11.4 Å². The van der Waals surface area contributed by atoms with Gasteiger partial charge in [-0.1, -0.05) is 0 Å². The fraction of sp³-hybridized carbons (Fsp3) is 0.412. The van der Waals surface area contributed by atoms with Crippen LogP contribution >= 0.6 is 0 Å². The summed E-state index contributed by atoms with van der Waals surface area (Å²) in [6.45, 7) is 2.18. The Morgan fingerprint density at radius 1 is 1.22 bits per heavy atom. The summed E-state index contributed by atoms with van der Waals surface area (Å²) in [4.78, 5) is 11.4. The van der Waals surface area contributed by atoms with E-state index in [1.807, 2.05) is 6.07 Å². The number of hydrogen-bond acceptors (Lipinski definition) is 5. The normalized spacial score (nSPS) is 15.9. The minimum atomic E-state index is -0.271. The summed E-state index contributed by atoms with van der Waals surface area (Å²) in [5.41, 5.74) is 7.58. The maximum Gasteiger partial charge on any atom is 0.161 e. The Hall–Kier alpha value is -2.05. The molecule has 1 aliphatic rings. The Morgan fingerprint density at radius 3 is 2.57 bits per heavy atom. The van der Waals surface area contributed by atoms with Crippen LogP contribution in [0.2, 0.25) is 0 Å². The van der Waals surface area contributed by atoms with Crippen molar-refractivity contribution < 1.29 is 9.13 Å². The highest BCUT2D eigenvalue weighted by Gasteiger charge is 2.19. The van der Waals surface area contributed by atoms with E-state index in [4.69, 9.17) is 10.5 Å². The lowest BCUT2D eigenvalue weighted by Crippen LogP contribution is -2.40. The van der Waals surface area contributed by atoms with E-state index < -0.39 is 0 Å². The van der Waals surface area contributed by atoms with E-state index in [0.29, 0.717) is 12.4 Å². The SMILES string of the molecule is COCc1cc(N2CCC(N)CC2)nc(-c2ccc(F)cc2)n1. The molecule has 0 spiro atoms. The fourth-order valence-electron chi connectivity index (χ4n) is 2.72. The third kappa shape index (κ3) is 3.83. The number of methoxy groups -OCH3 is 1. The topological polar surface area (TPSA) is 64.3 Å². The van der Waals surface area contributed by atoms with Gasteiger partial charge in [0.05, 0.1) is 12.3 Å². The first-order valence-corrected chi connectivity index (χ1v) is 7.79. The molecule has 2 aromatic rings. The van der Waals surface area contributed by atoms with Crippen LogP contribution in [0, 0.1) is 5.82 Å². The van der Waals surface area contributed by atoms with Crippen LogP contribution in [-0.2, 0) is 11.3 Å². The molecule has 0 atom stereocenters. The number of benzene rings is 1. The predicted octanol–water partition coefficient (Wildman–Crippen LogP) is 2.36. The fourth-order valence-corrected chi connectivity index (χ4v) is 2.72. The van der Waals surface area contributed by atoms with Crippen molar-refractivity contribution in [3.8, 4) is 11.4 Å². The van der Waals surface area contributed by atoms with Crippen LogP contribution < -0.4 is 10.6 Å². The number of ether oxygens (including phenoxy) is 1. The molecule has 1 fully saturated rings. The van der Waals surface area contributed by atoms with Gasteiger partial charge >= 0.3 is 0 Å². The molecule has 5 nitrogen and oxygen atoms in total. The first-order valence-electron chi connectivity index (χ1n) is 7.79. The van der Waals surface area contributed by atoms with Crippen LogP contribution in [0.4, 0.5) is 10.2 Å². The van der Waals surface area contributed by atoms with E-state index in [-0.39, 0.29) is 11.9 Å². The molecule has 0 amide bonds. The quantitative estimate of drug-likeness (QED) is 0.938. The molecular weight excluding hydrogens is 295 g/mol. The third-order valence-electron chi connectivity index (χ3n) is 4.02. The maximum absolute atomic E-state index is 13.1. The summed E-state index contributed by atoms with van der Waals surface area (Å²) >= 11 is 0. The average Bonchev–Trinajstić information content (AvgIpc) is 2.56. The molecule has 1 saturated heterocycles. The van der Waals surface area contributed by atoms with Crippen molar-refractivity contribution in [2.45, 2.75) is 25.5 Å². The van der Waals surface area contributed by atoms with Gasteiger partial charge in [-0.3, -0.25) is 0 Å². The molecule has 1 aliphatic heterocycles. The van der Waals surface area contributed by atoms with E-state index in [1.165, 1.54) is 12.1 Å². The zero-order valence-electron chi connectivity index (χ0n) is 13.2. The van der Waals surface area contributed by atoms with Gasteiger partial charge in [0.1, 0.15) is 11.6 Å². The second-order valence-corrected chi connectivity index (χ2v) is 5.81. The first-order chi connectivity index (χ1) is 11.2. The number of rotatable bonds is 4. The van der Waals surface area contributed by atoms with Crippen LogP contribution in [0.3, 0.4) is 0 Å². The molecule has 0 aliphatic carbocycles. The molecule has 23 heavy (non-hydrogen) atoms. The largest absolute Gasteiger partial charge is 0.378 e. The molecule has 0 unspecified atom stereocenters. The standard InChI is InChI=1S/C17H21FN4O/c1-23-11-15-10-16(22-8-6-14(19)7-9-22)21-17(20-15)12-2-4-13(18)5-3-12/h2-5,10,14H,6-9,11,19H2,1H3. The van der Waals surface area contributed by atoms with E-state index >= 15 is 0 Å². The van der Waals surface area contributed by atoms with Crippen molar-refractivity contribution in [3.05, 3.63) is 41.8 Å². The number of aromatic nitrogens is 2. The number of nitrogens with two attached hydrogens (primary N) is 1. The lowest BCUT2D eigenvalue weighted by Gasteiger charge is -2.31. The summed E-state index contributed by atoms with van der Waals surface area (Å²) in [5.74, 6) is 1.19. The van der Waals surface area contributed by atoms with Gasteiger partial charge < -0.3 is 15.4 Å². The highest BCUT2D eigenvalue weighted by molar-refractivity contribution is 5.58. The molecule has 0 bridgehead atoms. The molecule has 1 aromatic heterocycles. The van der Waals surface area contributed by atoms with Gasteiger partial charge in [-0.2, -0.15) is 0 Å². The van der Waals surface area contributed by atoms with Gasteiger partial charge in [-0.05, 0) is 37.1 Å². The van der Waals surface area contributed by atoms with Crippen LogP contribution in [-0.4, -0.2) is 36.2 Å². The predicted molar refractivity (Wildman–Crippen MR) is 87.6 cm³/mol. The summed E-state index contributed by atoms with van der Waals surface area (Å²) in [6.07, 6.45) is 1.91. The van der Waals surface area contributed by atoms with Gasteiger partial charge in [0.15, 0.2) is 5.82 Å². The van der Waals surface area contributed by atoms with Gasteiger partial charge in [-0.15, -0.1) is 0 Å². The number of nitrogens with zero attached hydrogens (tertiary/aromatic N) is 3. The minimum Gasteiger partial charge on any atom is -0.378 e. The monoisotopic (exact) mass is 316 g/mol.